The smallest absolute Gasteiger partial charge is 0.132 e. The molecule has 168 valence electrons. The third kappa shape index (κ3) is 2.44. The lowest BCUT2D eigenvalue weighted by molar-refractivity contribution is 0.437. The molecule has 0 radical (unpaired) electrons. The third-order valence-corrected chi connectivity index (χ3v) is 7.93. The second-order valence-electron chi connectivity index (χ2n) is 9.68. The van der Waals surface area contributed by atoms with Crippen LogP contribution in [-0.4, -0.2) is 0 Å². The predicted octanol–water partition coefficient (Wildman–Crippen LogP) is 8.98. The van der Waals surface area contributed by atoms with Gasteiger partial charge >= 0.3 is 0 Å². The van der Waals surface area contributed by atoms with E-state index >= 15 is 0 Å². The quantitative estimate of drug-likeness (QED) is 0.238. The van der Waals surface area contributed by atoms with E-state index in [4.69, 9.17) is 4.74 Å². The topological polar surface area (TPSA) is 9.23 Å². The summed E-state index contributed by atoms with van der Waals surface area (Å²) in [5.74, 6) is 1.85. The maximum atomic E-state index is 6.52. The average molecular weight is 459 g/mol. The molecule has 6 aromatic carbocycles. The van der Waals surface area contributed by atoms with Crippen molar-refractivity contribution in [3.05, 3.63) is 156 Å². The molecule has 0 unspecified atom stereocenters. The number of benzene rings is 6. The van der Waals surface area contributed by atoms with Gasteiger partial charge in [-0.15, -0.1) is 0 Å². The average Bonchev–Trinajstić information content (AvgIpc) is 3.24. The molecule has 2 aliphatic rings. The van der Waals surface area contributed by atoms with Crippen molar-refractivity contribution in [3.8, 4) is 33.8 Å². The van der Waals surface area contributed by atoms with Gasteiger partial charge in [-0.1, -0.05) is 115 Å². The summed E-state index contributed by atoms with van der Waals surface area (Å²) in [4.78, 5) is 0. The minimum absolute atomic E-state index is 0.470. The molecule has 6 aromatic rings. The lowest BCUT2D eigenvalue weighted by atomic mass is 9.65. The molecule has 36 heavy (non-hydrogen) atoms. The molecule has 1 heteroatoms. The predicted molar refractivity (Wildman–Crippen MR) is 147 cm³/mol. The third-order valence-electron chi connectivity index (χ3n) is 7.93. The van der Waals surface area contributed by atoms with Crippen LogP contribution < -0.4 is 4.74 Å². The van der Waals surface area contributed by atoms with Crippen molar-refractivity contribution in [1.29, 1.82) is 0 Å². The van der Waals surface area contributed by atoms with Crippen LogP contribution in [0.2, 0.25) is 0 Å². The lowest BCUT2D eigenvalue weighted by Crippen LogP contribution is -2.32. The monoisotopic (exact) mass is 458 g/mol. The Morgan fingerprint density at radius 2 is 1.08 bits per heavy atom. The SMILES string of the molecule is c1ccc(-c2ccc3c(c2)C2(c4ccccc4Oc4ccccc42)c2c-3ccc3ccccc23)cc1. The zero-order valence-electron chi connectivity index (χ0n) is 19.6. The Morgan fingerprint density at radius 3 is 1.86 bits per heavy atom. The van der Waals surface area contributed by atoms with E-state index in [0.717, 1.165) is 11.5 Å². The first-order valence-corrected chi connectivity index (χ1v) is 12.4. The normalized spacial score (nSPS) is 14.0. The molecular weight excluding hydrogens is 436 g/mol. The Bertz CT molecular complexity index is 1770. The summed E-state index contributed by atoms with van der Waals surface area (Å²) in [5, 5.41) is 2.55. The molecule has 0 fully saturated rings. The largest absolute Gasteiger partial charge is 0.457 e. The molecule has 0 saturated heterocycles. The molecule has 0 amide bonds. The van der Waals surface area contributed by atoms with Crippen molar-refractivity contribution in [3.63, 3.8) is 0 Å². The summed E-state index contributed by atoms with van der Waals surface area (Å²) in [6.45, 7) is 0. The van der Waals surface area contributed by atoms with E-state index in [1.54, 1.807) is 0 Å². The Morgan fingerprint density at radius 1 is 0.444 bits per heavy atom. The maximum absolute atomic E-state index is 6.52. The summed E-state index contributed by atoms with van der Waals surface area (Å²) >= 11 is 0. The minimum atomic E-state index is -0.470. The summed E-state index contributed by atoms with van der Waals surface area (Å²) in [6.07, 6.45) is 0. The maximum Gasteiger partial charge on any atom is 0.132 e. The van der Waals surface area contributed by atoms with E-state index in [9.17, 15) is 0 Å². The van der Waals surface area contributed by atoms with Crippen LogP contribution in [0.1, 0.15) is 22.3 Å². The Labute approximate surface area is 210 Å². The number of fused-ring (bicyclic) bond motifs is 11. The molecule has 1 nitrogen and oxygen atoms in total. The van der Waals surface area contributed by atoms with Gasteiger partial charge in [0.1, 0.15) is 11.5 Å². The van der Waals surface area contributed by atoms with E-state index in [2.05, 4.69) is 133 Å². The number of hydrogen-bond acceptors (Lipinski definition) is 1. The molecular formula is C35H22O. The van der Waals surface area contributed by atoms with Gasteiger partial charge < -0.3 is 4.74 Å². The van der Waals surface area contributed by atoms with Crippen molar-refractivity contribution >= 4 is 10.8 Å². The van der Waals surface area contributed by atoms with E-state index in [1.807, 2.05) is 0 Å². The molecule has 1 aliphatic carbocycles. The van der Waals surface area contributed by atoms with Crippen LogP contribution in [0.5, 0.6) is 11.5 Å². The standard InChI is InChI=1S/C35H22O/c1-2-10-23(11-3-1)25-19-20-27-28-21-18-24-12-4-5-13-26(24)34(28)35(31(27)22-25)29-14-6-8-16-32(29)36-33-17-9-7-15-30(33)35/h1-22H. The van der Waals surface area contributed by atoms with Crippen LogP contribution in [-0.2, 0) is 5.41 Å². The Kier molecular flexibility index (Phi) is 3.93. The van der Waals surface area contributed by atoms with E-state index in [0.29, 0.717) is 0 Å². The van der Waals surface area contributed by atoms with Gasteiger partial charge in [0.25, 0.3) is 0 Å². The van der Waals surface area contributed by atoms with E-state index in [1.165, 1.54) is 55.3 Å². The first-order chi connectivity index (χ1) is 17.9. The van der Waals surface area contributed by atoms with Gasteiger partial charge in [0.2, 0.25) is 0 Å². The van der Waals surface area contributed by atoms with Gasteiger partial charge in [0.15, 0.2) is 0 Å². The highest BCUT2D eigenvalue weighted by molar-refractivity contribution is 6.01. The first kappa shape index (κ1) is 19.7. The lowest BCUT2D eigenvalue weighted by Gasteiger charge is -2.40. The van der Waals surface area contributed by atoms with Gasteiger partial charge in [-0.2, -0.15) is 0 Å². The molecule has 8 rings (SSSR count). The van der Waals surface area contributed by atoms with E-state index in [-0.39, 0.29) is 0 Å². The summed E-state index contributed by atoms with van der Waals surface area (Å²) < 4.78 is 6.52. The fourth-order valence-corrected chi connectivity index (χ4v) is 6.49. The summed E-state index contributed by atoms with van der Waals surface area (Å²) in [5.41, 5.74) is 9.65. The number of hydrogen-bond donors (Lipinski definition) is 0. The second-order valence-corrected chi connectivity index (χ2v) is 9.68. The van der Waals surface area contributed by atoms with Crippen molar-refractivity contribution in [2.45, 2.75) is 5.41 Å². The Balaban J connectivity index is 1.59. The highest BCUT2D eigenvalue weighted by Crippen LogP contribution is 2.63. The van der Waals surface area contributed by atoms with Crippen LogP contribution in [0, 0.1) is 0 Å². The van der Waals surface area contributed by atoms with Gasteiger partial charge in [-0.3, -0.25) is 0 Å². The highest BCUT2D eigenvalue weighted by Gasteiger charge is 2.51. The second kappa shape index (κ2) is 7.19. The van der Waals surface area contributed by atoms with Gasteiger partial charge in [-0.05, 0) is 62.4 Å². The van der Waals surface area contributed by atoms with Crippen LogP contribution >= 0.6 is 0 Å². The van der Waals surface area contributed by atoms with Crippen molar-refractivity contribution in [2.24, 2.45) is 0 Å². The van der Waals surface area contributed by atoms with Crippen molar-refractivity contribution in [2.75, 3.05) is 0 Å². The fourth-order valence-electron chi connectivity index (χ4n) is 6.49. The number of ether oxygens (including phenoxy) is 1. The fraction of sp³-hybridized carbons (Fsp3) is 0.0286. The molecule has 0 N–H and O–H groups in total. The molecule has 0 saturated carbocycles. The van der Waals surface area contributed by atoms with Crippen molar-refractivity contribution < 1.29 is 4.74 Å². The molecule has 1 spiro atoms. The van der Waals surface area contributed by atoms with Crippen LogP contribution in [0.25, 0.3) is 33.0 Å². The van der Waals surface area contributed by atoms with E-state index < -0.39 is 5.41 Å². The molecule has 0 atom stereocenters. The minimum Gasteiger partial charge on any atom is -0.457 e. The van der Waals surface area contributed by atoms with Gasteiger partial charge in [0, 0.05) is 11.1 Å². The van der Waals surface area contributed by atoms with Gasteiger partial charge in [0.05, 0.1) is 5.41 Å². The van der Waals surface area contributed by atoms with Crippen LogP contribution in [0.3, 0.4) is 0 Å². The van der Waals surface area contributed by atoms with Crippen LogP contribution in [0.4, 0.5) is 0 Å². The van der Waals surface area contributed by atoms with Crippen LogP contribution in [0.15, 0.2) is 133 Å². The first-order valence-electron chi connectivity index (χ1n) is 12.4. The van der Waals surface area contributed by atoms with Crippen molar-refractivity contribution in [1.82, 2.24) is 0 Å². The zero-order valence-corrected chi connectivity index (χ0v) is 19.6. The summed E-state index contributed by atoms with van der Waals surface area (Å²) in [6, 6.07) is 48.2. The summed E-state index contributed by atoms with van der Waals surface area (Å²) in [7, 11) is 0. The molecule has 1 heterocycles. The Hall–Kier alpha value is -4.62. The number of rotatable bonds is 1. The molecule has 1 aliphatic heterocycles. The number of para-hydroxylation sites is 2. The highest BCUT2D eigenvalue weighted by atomic mass is 16.5. The molecule has 0 aromatic heterocycles. The molecule has 0 bridgehead atoms. The van der Waals surface area contributed by atoms with Gasteiger partial charge in [-0.25, -0.2) is 0 Å². The zero-order chi connectivity index (χ0) is 23.7.